The van der Waals surface area contributed by atoms with Crippen molar-refractivity contribution in [3.63, 3.8) is 0 Å². The van der Waals surface area contributed by atoms with Crippen molar-refractivity contribution >= 4 is 6.20 Å². The van der Waals surface area contributed by atoms with Crippen molar-refractivity contribution in [1.82, 2.24) is 25.0 Å². The minimum Gasteiger partial charge on any atom is -0.309 e. The van der Waals surface area contributed by atoms with E-state index in [4.69, 9.17) is 0 Å². The van der Waals surface area contributed by atoms with E-state index in [0.29, 0.717) is 12.0 Å². The maximum Gasteiger partial charge on any atom is 0.0543 e. The van der Waals surface area contributed by atoms with Crippen LogP contribution >= 0.6 is 0 Å². The number of hydrogen-bond donors (Lipinski definition) is 1. The van der Waals surface area contributed by atoms with E-state index in [1.165, 1.54) is 12.0 Å². The molecule has 1 fully saturated rings. The normalized spacial score (nSPS) is 22.1. The van der Waals surface area contributed by atoms with Gasteiger partial charge in [-0.05, 0) is 24.5 Å². The van der Waals surface area contributed by atoms with Crippen LogP contribution in [0.1, 0.15) is 24.6 Å². The van der Waals surface area contributed by atoms with Crippen LogP contribution in [-0.2, 0) is 13.1 Å². The molecule has 23 heavy (non-hydrogen) atoms. The molecule has 1 aliphatic heterocycles. The van der Waals surface area contributed by atoms with Crippen LogP contribution in [-0.4, -0.2) is 38.8 Å². The Morgan fingerprint density at radius 3 is 3.04 bits per heavy atom. The van der Waals surface area contributed by atoms with Crippen molar-refractivity contribution in [1.29, 1.82) is 0 Å². The van der Waals surface area contributed by atoms with Crippen LogP contribution < -0.4 is 5.32 Å². The molecule has 0 aromatic carbocycles. The van der Waals surface area contributed by atoms with Gasteiger partial charge < -0.3 is 5.32 Å². The van der Waals surface area contributed by atoms with Crippen molar-refractivity contribution in [2.75, 3.05) is 13.1 Å². The molecule has 3 rings (SSSR count). The summed E-state index contributed by atoms with van der Waals surface area (Å²) in [7, 11) is 0. The number of aromatic nitrogens is 3. The fraction of sp³-hybridized carbons (Fsp3) is 0.444. The van der Waals surface area contributed by atoms with Crippen LogP contribution in [0.15, 0.2) is 43.4 Å². The van der Waals surface area contributed by atoms with Crippen molar-refractivity contribution in [2.45, 2.75) is 32.5 Å². The Labute approximate surface area is 138 Å². The fourth-order valence-corrected chi connectivity index (χ4v) is 3.22. The molecule has 5 nitrogen and oxygen atoms in total. The molecule has 0 spiro atoms. The van der Waals surface area contributed by atoms with E-state index >= 15 is 0 Å². The van der Waals surface area contributed by atoms with E-state index in [1.54, 1.807) is 10.9 Å². The maximum absolute atomic E-state index is 4.43. The van der Waals surface area contributed by atoms with Gasteiger partial charge in [-0.1, -0.05) is 19.6 Å². The first-order chi connectivity index (χ1) is 11.2. The second-order valence-corrected chi connectivity index (χ2v) is 6.32. The van der Waals surface area contributed by atoms with Gasteiger partial charge in [0.2, 0.25) is 0 Å². The van der Waals surface area contributed by atoms with Gasteiger partial charge in [-0.3, -0.25) is 9.88 Å². The van der Waals surface area contributed by atoms with Crippen molar-refractivity contribution in [3.05, 3.63) is 54.6 Å². The molecule has 2 aromatic heterocycles. The van der Waals surface area contributed by atoms with Crippen molar-refractivity contribution in [3.8, 4) is 0 Å². The summed E-state index contributed by atoms with van der Waals surface area (Å²) in [6.45, 7) is 10.1. The monoisotopic (exact) mass is 311 g/mol. The lowest BCUT2D eigenvalue weighted by Gasteiger charge is -2.37. The Balaban J connectivity index is 1.47. The standard InChI is InChI=1S/C18H25N5/c1-3-23-13-16(11-21-23)10-20-18-7-9-22(12-15(18)2)14-17-6-4-5-8-19-17/h3-6,8,11,13,15,18,20H,1,7,9-10,12,14H2,2H3/t15-,18-/m1/s1. The summed E-state index contributed by atoms with van der Waals surface area (Å²) in [4.78, 5) is 6.93. The summed E-state index contributed by atoms with van der Waals surface area (Å²) in [5.41, 5.74) is 2.36. The lowest BCUT2D eigenvalue weighted by Crippen LogP contribution is -2.47. The van der Waals surface area contributed by atoms with Crippen LogP contribution in [0.2, 0.25) is 0 Å². The van der Waals surface area contributed by atoms with Crippen LogP contribution in [0.4, 0.5) is 0 Å². The Hall–Kier alpha value is -1.98. The molecule has 0 radical (unpaired) electrons. The Kier molecular flexibility index (Phi) is 5.20. The molecule has 2 atom stereocenters. The largest absolute Gasteiger partial charge is 0.309 e. The predicted octanol–water partition coefficient (Wildman–Crippen LogP) is 2.38. The highest BCUT2D eigenvalue weighted by atomic mass is 15.2. The third-order valence-electron chi connectivity index (χ3n) is 4.51. The van der Waals surface area contributed by atoms with Crippen LogP contribution in [0.3, 0.4) is 0 Å². The first kappa shape index (κ1) is 15.9. The van der Waals surface area contributed by atoms with Gasteiger partial charge in [-0.2, -0.15) is 5.10 Å². The molecular formula is C18H25N5. The van der Waals surface area contributed by atoms with Crippen LogP contribution in [0.5, 0.6) is 0 Å². The summed E-state index contributed by atoms with van der Waals surface area (Å²) in [5.74, 6) is 0.627. The number of likely N-dealkylation sites (tertiary alicyclic amines) is 1. The van der Waals surface area contributed by atoms with E-state index in [9.17, 15) is 0 Å². The number of pyridine rings is 1. The van der Waals surface area contributed by atoms with Gasteiger partial charge in [0.25, 0.3) is 0 Å². The van der Waals surface area contributed by atoms with Gasteiger partial charge in [0.1, 0.15) is 0 Å². The zero-order valence-corrected chi connectivity index (χ0v) is 13.7. The highest BCUT2D eigenvalue weighted by Gasteiger charge is 2.25. The average molecular weight is 311 g/mol. The lowest BCUT2D eigenvalue weighted by atomic mass is 9.93. The summed E-state index contributed by atoms with van der Waals surface area (Å²) < 4.78 is 1.75. The number of piperidine rings is 1. The van der Waals surface area contributed by atoms with Crippen molar-refractivity contribution in [2.24, 2.45) is 5.92 Å². The molecule has 3 heterocycles. The fourth-order valence-electron chi connectivity index (χ4n) is 3.22. The minimum absolute atomic E-state index is 0.557. The van der Waals surface area contributed by atoms with Gasteiger partial charge in [-0.25, -0.2) is 4.68 Å². The molecule has 0 bridgehead atoms. The topological polar surface area (TPSA) is 46.0 Å². The molecule has 0 amide bonds. The predicted molar refractivity (Wildman–Crippen MR) is 92.5 cm³/mol. The lowest BCUT2D eigenvalue weighted by molar-refractivity contribution is 0.139. The molecular weight excluding hydrogens is 286 g/mol. The van der Waals surface area contributed by atoms with Crippen LogP contribution in [0, 0.1) is 5.92 Å². The Morgan fingerprint density at radius 2 is 2.35 bits per heavy atom. The zero-order chi connectivity index (χ0) is 16.1. The molecule has 5 heteroatoms. The summed E-state index contributed by atoms with van der Waals surface area (Å²) in [5, 5.41) is 7.90. The third-order valence-corrected chi connectivity index (χ3v) is 4.51. The van der Waals surface area contributed by atoms with E-state index in [2.05, 4.69) is 45.9 Å². The second-order valence-electron chi connectivity index (χ2n) is 6.32. The van der Waals surface area contributed by atoms with Gasteiger partial charge in [0, 0.05) is 56.4 Å². The first-order valence-electron chi connectivity index (χ1n) is 8.26. The molecule has 0 unspecified atom stereocenters. The molecule has 1 saturated heterocycles. The van der Waals surface area contributed by atoms with E-state index < -0.39 is 0 Å². The molecule has 1 N–H and O–H groups in total. The summed E-state index contributed by atoms with van der Waals surface area (Å²) in [6.07, 6.45) is 8.67. The molecule has 0 saturated carbocycles. The summed E-state index contributed by atoms with van der Waals surface area (Å²) in [6, 6.07) is 6.69. The number of nitrogens with one attached hydrogen (secondary N) is 1. The second kappa shape index (κ2) is 7.53. The van der Waals surface area contributed by atoms with Gasteiger partial charge in [0.15, 0.2) is 0 Å². The first-order valence-corrected chi connectivity index (χ1v) is 8.26. The molecule has 2 aromatic rings. The Bertz CT molecular complexity index is 621. The minimum atomic E-state index is 0.557. The van der Waals surface area contributed by atoms with Gasteiger partial charge >= 0.3 is 0 Å². The highest BCUT2D eigenvalue weighted by molar-refractivity contribution is 5.17. The van der Waals surface area contributed by atoms with Gasteiger partial charge in [-0.15, -0.1) is 0 Å². The number of hydrogen-bond acceptors (Lipinski definition) is 4. The molecule has 0 aliphatic carbocycles. The number of nitrogens with zero attached hydrogens (tertiary/aromatic N) is 4. The Morgan fingerprint density at radius 1 is 1.43 bits per heavy atom. The van der Waals surface area contributed by atoms with Crippen molar-refractivity contribution < 1.29 is 0 Å². The third kappa shape index (κ3) is 4.27. The SMILES string of the molecule is C=Cn1cc(CN[C@@H]2CCN(Cc3ccccn3)C[C@H]2C)cn1. The molecule has 1 aliphatic rings. The molecule has 122 valence electrons. The van der Waals surface area contributed by atoms with E-state index in [-0.39, 0.29) is 0 Å². The zero-order valence-electron chi connectivity index (χ0n) is 13.7. The van der Waals surface area contributed by atoms with E-state index in [0.717, 1.165) is 31.9 Å². The summed E-state index contributed by atoms with van der Waals surface area (Å²) >= 11 is 0. The smallest absolute Gasteiger partial charge is 0.0543 e. The van der Waals surface area contributed by atoms with Gasteiger partial charge in [0.05, 0.1) is 11.9 Å². The average Bonchev–Trinajstić information content (AvgIpc) is 3.03. The maximum atomic E-state index is 4.43. The quantitative estimate of drug-likeness (QED) is 0.890. The van der Waals surface area contributed by atoms with E-state index in [1.807, 2.05) is 24.7 Å². The number of rotatable bonds is 6. The highest BCUT2D eigenvalue weighted by Crippen LogP contribution is 2.19. The van der Waals surface area contributed by atoms with Crippen LogP contribution in [0.25, 0.3) is 6.20 Å².